The van der Waals surface area contributed by atoms with Crippen LogP contribution in [0.25, 0.3) is 11.1 Å². The van der Waals surface area contributed by atoms with Crippen molar-refractivity contribution in [2.24, 2.45) is 0 Å². The number of rotatable bonds is 1. The summed E-state index contributed by atoms with van der Waals surface area (Å²) in [5, 5.41) is 8.64. The molecule has 1 aromatic carbocycles. The Morgan fingerprint density at radius 3 is 3.07 bits per heavy atom. The van der Waals surface area contributed by atoms with Crippen LogP contribution in [0.15, 0.2) is 22.6 Å². The van der Waals surface area contributed by atoms with Gasteiger partial charge in [-0.2, -0.15) is 5.26 Å². The number of fused-ring (bicyclic) bond motifs is 1. The summed E-state index contributed by atoms with van der Waals surface area (Å²) in [4.78, 5) is 4.02. The van der Waals surface area contributed by atoms with Crippen molar-refractivity contribution >= 4 is 11.1 Å². The minimum atomic E-state index is -0.412. The normalized spacial score (nSPS) is 12.6. The van der Waals surface area contributed by atoms with Gasteiger partial charge in [-0.05, 0) is 19.1 Å². The van der Waals surface area contributed by atoms with Gasteiger partial charge in [-0.25, -0.2) is 9.37 Å². The Morgan fingerprint density at radius 1 is 1.57 bits per heavy atom. The number of hydrogen-bond acceptors (Lipinski definition) is 3. The molecule has 0 aliphatic carbocycles. The zero-order valence-corrected chi connectivity index (χ0v) is 7.49. The fraction of sp³-hybridized carbons (Fsp3) is 0.200. The molecule has 0 bridgehead atoms. The van der Waals surface area contributed by atoms with E-state index in [0.29, 0.717) is 17.0 Å². The maximum Gasteiger partial charge on any atom is 0.212 e. The summed E-state index contributed by atoms with van der Waals surface area (Å²) in [5.74, 6) is -0.444. The van der Waals surface area contributed by atoms with Crippen LogP contribution in [0.4, 0.5) is 4.39 Å². The van der Waals surface area contributed by atoms with Crippen molar-refractivity contribution in [3.63, 3.8) is 0 Å². The van der Waals surface area contributed by atoms with E-state index >= 15 is 0 Å². The zero-order chi connectivity index (χ0) is 10.1. The maximum atomic E-state index is 12.8. The first kappa shape index (κ1) is 8.70. The second-order valence-electron chi connectivity index (χ2n) is 3.01. The molecule has 0 saturated carbocycles. The highest BCUT2D eigenvalue weighted by atomic mass is 19.1. The molecule has 2 rings (SSSR count). The molecule has 1 atom stereocenters. The Bertz CT molecular complexity index is 512. The third kappa shape index (κ3) is 1.33. The van der Waals surface area contributed by atoms with Gasteiger partial charge in [-0.1, -0.05) is 0 Å². The van der Waals surface area contributed by atoms with Crippen LogP contribution in [0, 0.1) is 17.1 Å². The average molecular weight is 190 g/mol. The molecule has 3 nitrogen and oxygen atoms in total. The van der Waals surface area contributed by atoms with E-state index in [1.807, 2.05) is 6.07 Å². The van der Waals surface area contributed by atoms with Crippen LogP contribution in [0.5, 0.6) is 0 Å². The number of aromatic nitrogens is 1. The lowest BCUT2D eigenvalue weighted by Gasteiger charge is -1.90. The first-order valence-corrected chi connectivity index (χ1v) is 4.16. The number of nitriles is 1. The van der Waals surface area contributed by atoms with E-state index in [4.69, 9.17) is 9.68 Å². The molecule has 0 saturated heterocycles. The van der Waals surface area contributed by atoms with Gasteiger partial charge in [0.15, 0.2) is 5.58 Å². The molecule has 0 fully saturated rings. The van der Waals surface area contributed by atoms with Crippen LogP contribution in [0.1, 0.15) is 18.7 Å². The highest BCUT2D eigenvalue weighted by Crippen LogP contribution is 2.21. The SMILES string of the molecule is CC(C#N)c1nc2cc(F)ccc2o1. The summed E-state index contributed by atoms with van der Waals surface area (Å²) >= 11 is 0. The molecule has 2 aromatic rings. The number of halogens is 1. The van der Waals surface area contributed by atoms with Gasteiger partial charge in [0.1, 0.15) is 17.3 Å². The zero-order valence-electron chi connectivity index (χ0n) is 7.49. The van der Waals surface area contributed by atoms with Crippen molar-refractivity contribution in [1.82, 2.24) is 4.98 Å². The van der Waals surface area contributed by atoms with Crippen molar-refractivity contribution in [2.45, 2.75) is 12.8 Å². The molecule has 14 heavy (non-hydrogen) atoms. The van der Waals surface area contributed by atoms with Gasteiger partial charge in [-0.15, -0.1) is 0 Å². The number of nitrogens with zero attached hydrogens (tertiary/aromatic N) is 2. The van der Waals surface area contributed by atoms with Crippen LogP contribution >= 0.6 is 0 Å². The van der Waals surface area contributed by atoms with E-state index < -0.39 is 5.92 Å². The van der Waals surface area contributed by atoms with Gasteiger partial charge in [-0.3, -0.25) is 0 Å². The second kappa shape index (κ2) is 3.11. The first-order chi connectivity index (χ1) is 6.70. The van der Waals surface area contributed by atoms with Crippen molar-refractivity contribution in [2.75, 3.05) is 0 Å². The highest BCUT2D eigenvalue weighted by molar-refractivity contribution is 5.72. The van der Waals surface area contributed by atoms with Gasteiger partial charge >= 0.3 is 0 Å². The van der Waals surface area contributed by atoms with Crippen LogP contribution in [-0.4, -0.2) is 4.98 Å². The van der Waals surface area contributed by atoms with E-state index in [9.17, 15) is 4.39 Å². The molecule has 70 valence electrons. The minimum Gasteiger partial charge on any atom is -0.439 e. The average Bonchev–Trinajstić information content (AvgIpc) is 2.59. The predicted octanol–water partition coefficient (Wildman–Crippen LogP) is 2.59. The van der Waals surface area contributed by atoms with Crippen molar-refractivity contribution in [1.29, 1.82) is 5.26 Å². The van der Waals surface area contributed by atoms with E-state index in [2.05, 4.69) is 4.98 Å². The molecule has 0 aliphatic rings. The molecule has 0 spiro atoms. The van der Waals surface area contributed by atoms with Gasteiger partial charge in [0.25, 0.3) is 0 Å². The van der Waals surface area contributed by atoms with Crippen molar-refractivity contribution in [3.05, 3.63) is 29.9 Å². The Kier molecular flexibility index (Phi) is 1.93. The largest absolute Gasteiger partial charge is 0.439 e. The van der Waals surface area contributed by atoms with Crippen molar-refractivity contribution in [3.8, 4) is 6.07 Å². The molecule has 0 amide bonds. The molecular formula is C10H7FN2O. The molecule has 1 unspecified atom stereocenters. The summed E-state index contributed by atoms with van der Waals surface area (Å²) in [6.07, 6.45) is 0. The Balaban J connectivity index is 2.58. The summed E-state index contributed by atoms with van der Waals surface area (Å²) in [7, 11) is 0. The van der Waals surface area contributed by atoms with E-state index in [-0.39, 0.29) is 5.82 Å². The van der Waals surface area contributed by atoms with Gasteiger partial charge in [0.05, 0.1) is 6.07 Å². The monoisotopic (exact) mass is 190 g/mol. The summed E-state index contributed by atoms with van der Waals surface area (Å²) in [6.45, 7) is 1.68. The molecule has 0 aliphatic heterocycles. The summed E-state index contributed by atoms with van der Waals surface area (Å²) in [5.41, 5.74) is 0.950. The lowest BCUT2D eigenvalue weighted by atomic mass is 10.2. The molecule has 0 N–H and O–H groups in total. The molecule has 0 radical (unpaired) electrons. The fourth-order valence-corrected chi connectivity index (χ4v) is 1.16. The lowest BCUT2D eigenvalue weighted by molar-refractivity contribution is 0.520. The minimum absolute atomic E-state index is 0.327. The standard InChI is InChI=1S/C10H7FN2O/c1-6(5-12)10-13-8-4-7(11)2-3-9(8)14-10/h2-4,6H,1H3. The van der Waals surface area contributed by atoms with Gasteiger partial charge in [0, 0.05) is 6.07 Å². The van der Waals surface area contributed by atoms with Crippen LogP contribution in [0.3, 0.4) is 0 Å². The van der Waals surface area contributed by atoms with Gasteiger partial charge < -0.3 is 4.42 Å². The van der Waals surface area contributed by atoms with E-state index in [1.54, 1.807) is 6.92 Å². The maximum absolute atomic E-state index is 12.8. The third-order valence-electron chi connectivity index (χ3n) is 1.93. The highest BCUT2D eigenvalue weighted by Gasteiger charge is 2.12. The van der Waals surface area contributed by atoms with E-state index in [0.717, 1.165) is 0 Å². The van der Waals surface area contributed by atoms with Crippen LogP contribution in [-0.2, 0) is 0 Å². The number of benzene rings is 1. The topological polar surface area (TPSA) is 49.8 Å². The molecule has 1 heterocycles. The summed E-state index contributed by atoms with van der Waals surface area (Å²) < 4.78 is 18.1. The molecular weight excluding hydrogens is 183 g/mol. The number of oxazole rings is 1. The summed E-state index contributed by atoms with van der Waals surface area (Å²) in [6, 6.07) is 6.10. The predicted molar refractivity (Wildman–Crippen MR) is 48.0 cm³/mol. The Morgan fingerprint density at radius 2 is 2.36 bits per heavy atom. The van der Waals surface area contributed by atoms with E-state index in [1.165, 1.54) is 18.2 Å². The molecule has 1 aromatic heterocycles. The first-order valence-electron chi connectivity index (χ1n) is 4.16. The fourth-order valence-electron chi connectivity index (χ4n) is 1.16. The Labute approximate surface area is 79.8 Å². The molecule has 4 heteroatoms. The quantitative estimate of drug-likeness (QED) is 0.694. The van der Waals surface area contributed by atoms with Crippen LogP contribution < -0.4 is 0 Å². The second-order valence-corrected chi connectivity index (χ2v) is 3.01. The van der Waals surface area contributed by atoms with Crippen LogP contribution in [0.2, 0.25) is 0 Å². The Hall–Kier alpha value is -1.89. The number of hydrogen-bond donors (Lipinski definition) is 0. The van der Waals surface area contributed by atoms with Crippen molar-refractivity contribution < 1.29 is 8.81 Å². The lowest BCUT2D eigenvalue weighted by Crippen LogP contribution is -1.87. The van der Waals surface area contributed by atoms with Gasteiger partial charge in [0.2, 0.25) is 5.89 Å². The smallest absolute Gasteiger partial charge is 0.212 e. The third-order valence-corrected chi connectivity index (χ3v) is 1.93.